The number of hydrogen-bond donors (Lipinski definition) is 1. The first kappa shape index (κ1) is 16.7. The van der Waals surface area contributed by atoms with E-state index in [0.29, 0.717) is 16.8 Å². The topological polar surface area (TPSA) is 81.9 Å². The first-order valence-corrected chi connectivity index (χ1v) is 7.92. The molecule has 0 bridgehead atoms. The molecule has 1 N–H and O–H groups in total. The Kier molecular flexibility index (Phi) is 6.17. The highest BCUT2D eigenvalue weighted by atomic mass is 35.5. The Balaban J connectivity index is 1.96. The zero-order valence-corrected chi connectivity index (χ0v) is 13.8. The highest BCUT2D eigenvalue weighted by Gasteiger charge is 2.13. The number of halogens is 1. The molecule has 1 atom stereocenters. The minimum Gasteiger partial charge on any atom is -0.383 e. The summed E-state index contributed by atoms with van der Waals surface area (Å²) in [6, 6.07) is 7.09. The van der Waals surface area contributed by atoms with Crippen LogP contribution < -0.4 is 5.32 Å². The van der Waals surface area contributed by atoms with E-state index in [4.69, 9.17) is 16.3 Å². The Morgan fingerprint density at radius 3 is 2.86 bits per heavy atom. The highest BCUT2D eigenvalue weighted by Crippen LogP contribution is 2.19. The number of aromatic nitrogens is 4. The van der Waals surface area contributed by atoms with Gasteiger partial charge in [0.25, 0.3) is 0 Å². The third-order valence-electron chi connectivity index (χ3n) is 2.67. The molecule has 2 rings (SSSR count). The maximum atomic E-state index is 11.8. The Morgan fingerprint density at radius 2 is 2.18 bits per heavy atom. The molecule has 0 spiro atoms. The van der Waals surface area contributed by atoms with Crippen molar-refractivity contribution in [1.82, 2.24) is 25.5 Å². The predicted molar refractivity (Wildman–Crippen MR) is 84.4 cm³/mol. The first-order valence-electron chi connectivity index (χ1n) is 6.55. The summed E-state index contributed by atoms with van der Waals surface area (Å²) < 4.78 is 6.54. The van der Waals surface area contributed by atoms with Gasteiger partial charge >= 0.3 is 0 Å². The van der Waals surface area contributed by atoms with Gasteiger partial charge in [0.2, 0.25) is 11.1 Å². The van der Waals surface area contributed by atoms with Crippen molar-refractivity contribution in [1.29, 1.82) is 0 Å². The number of nitrogens with zero attached hydrogens (tertiary/aromatic N) is 4. The Labute approximate surface area is 137 Å². The maximum Gasteiger partial charge on any atom is 0.230 e. The van der Waals surface area contributed by atoms with E-state index in [-0.39, 0.29) is 17.7 Å². The molecular weight excluding hydrogens is 326 g/mol. The number of thioether (sulfide) groups is 1. The van der Waals surface area contributed by atoms with Crippen LogP contribution in [0.1, 0.15) is 6.92 Å². The molecule has 0 aliphatic rings. The molecule has 7 nitrogen and oxygen atoms in total. The minimum absolute atomic E-state index is 0.0367. The summed E-state index contributed by atoms with van der Waals surface area (Å²) in [6.07, 6.45) is 0. The van der Waals surface area contributed by atoms with Gasteiger partial charge < -0.3 is 10.1 Å². The second kappa shape index (κ2) is 8.11. The lowest BCUT2D eigenvalue weighted by Gasteiger charge is -2.12. The highest BCUT2D eigenvalue weighted by molar-refractivity contribution is 7.99. The van der Waals surface area contributed by atoms with Crippen molar-refractivity contribution in [2.24, 2.45) is 0 Å². The molecule has 1 amide bonds. The summed E-state index contributed by atoms with van der Waals surface area (Å²) in [5, 5.41) is 15.5. The van der Waals surface area contributed by atoms with Crippen LogP contribution in [0.3, 0.4) is 0 Å². The normalized spacial score (nSPS) is 12.1. The van der Waals surface area contributed by atoms with Crippen molar-refractivity contribution in [2.75, 3.05) is 19.5 Å². The molecule has 2 aromatic rings. The number of carbonyl (C=O) groups excluding carboxylic acids is 1. The second-order valence-corrected chi connectivity index (χ2v) is 5.94. The Morgan fingerprint density at radius 1 is 1.45 bits per heavy atom. The SMILES string of the molecule is COCC(C)NC(=O)CSc1nnnn1-c1ccc(Cl)cc1. The monoisotopic (exact) mass is 341 g/mol. The number of hydrogen-bond acceptors (Lipinski definition) is 6. The number of methoxy groups -OCH3 is 1. The van der Waals surface area contributed by atoms with Crippen LogP contribution in [-0.4, -0.2) is 51.6 Å². The number of nitrogens with one attached hydrogen (secondary N) is 1. The number of tetrazole rings is 1. The summed E-state index contributed by atoms with van der Waals surface area (Å²) in [5.41, 5.74) is 0.782. The molecule has 1 heterocycles. The third kappa shape index (κ3) is 4.69. The van der Waals surface area contributed by atoms with Crippen LogP contribution in [0.4, 0.5) is 0 Å². The van der Waals surface area contributed by atoms with Crippen LogP contribution in [0.5, 0.6) is 0 Å². The van der Waals surface area contributed by atoms with E-state index >= 15 is 0 Å². The average Bonchev–Trinajstić information content (AvgIpc) is 2.94. The van der Waals surface area contributed by atoms with E-state index in [9.17, 15) is 4.79 Å². The van der Waals surface area contributed by atoms with Gasteiger partial charge in [0.15, 0.2) is 0 Å². The van der Waals surface area contributed by atoms with Crippen LogP contribution >= 0.6 is 23.4 Å². The molecule has 0 saturated heterocycles. The fraction of sp³-hybridized carbons (Fsp3) is 0.385. The fourth-order valence-electron chi connectivity index (χ4n) is 1.75. The smallest absolute Gasteiger partial charge is 0.230 e. The van der Waals surface area contributed by atoms with Gasteiger partial charge in [0.05, 0.1) is 18.0 Å². The van der Waals surface area contributed by atoms with Gasteiger partial charge in [-0.3, -0.25) is 4.79 Å². The van der Waals surface area contributed by atoms with E-state index in [1.165, 1.54) is 11.8 Å². The number of amides is 1. The number of ether oxygens (including phenoxy) is 1. The molecule has 1 unspecified atom stereocenters. The number of benzene rings is 1. The summed E-state index contributed by atoms with van der Waals surface area (Å²) in [6.45, 7) is 2.35. The van der Waals surface area contributed by atoms with Crippen LogP contribution in [-0.2, 0) is 9.53 Å². The molecule has 9 heteroatoms. The molecule has 0 aliphatic heterocycles. The molecule has 0 saturated carbocycles. The Bertz CT molecular complexity index is 619. The largest absolute Gasteiger partial charge is 0.383 e. The minimum atomic E-state index is -0.0970. The number of rotatable bonds is 7. The molecule has 1 aromatic carbocycles. The first-order chi connectivity index (χ1) is 10.6. The lowest BCUT2D eigenvalue weighted by Crippen LogP contribution is -2.36. The van der Waals surface area contributed by atoms with Crippen LogP contribution in [0.15, 0.2) is 29.4 Å². The fourth-order valence-corrected chi connectivity index (χ4v) is 2.58. The van der Waals surface area contributed by atoms with Crippen LogP contribution in [0, 0.1) is 0 Å². The average molecular weight is 342 g/mol. The maximum absolute atomic E-state index is 11.8. The number of carbonyl (C=O) groups is 1. The van der Waals surface area contributed by atoms with E-state index in [2.05, 4.69) is 20.8 Å². The van der Waals surface area contributed by atoms with Gasteiger partial charge in [-0.05, 0) is 41.6 Å². The summed E-state index contributed by atoms with van der Waals surface area (Å²) in [4.78, 5) is 11.8. The summed E-state index contributed by atoms with van der Waals surface area (Å²) in [5.74, 6) is 0.127. The van der Waals surface area contributed by atoms with E-state index in [1.54, 1.807) is 23.9 Å². The van der Waals surface area contributed by atoms with E-state index < -0.39 is 0 Å². The van der Waals surface area contributed by atoms with Gasteiger partial charge in [-0.1, -0.05) is 23.4 Å². The standard InChI is InChI=1S/C13H16ClN5O2S/c1-9(7-21-2)15-12(20)8-22-13-16-17-18-19(13)11-5-3-10(14)4-6-11/h3-6,9H,7-8H2,1-2H3,(H,15,20). The van der Waals surface area contributed by atoms with Gasteiger partial charge in [-0.15, -0.1) is 5.10 Å². The molecule has 1 aromatic heterocycles. The van der Waals surface area contributed by atoms with Gasteiger partial charge in [-0.2, -0.15) is 4.68 Å². The Hall–Kier alpha value is -1.64. The van der Waals surface area contributed by atoms with Crippen molar-refractivity contribution < 1.29 is 9.53 Å². The lowest BCUT2D eigenvalue weighted by molar-refractivity contribution is -0.119. The molecule has 0 aliphatic carbocycles. The summed E-state index contributed by atoms with van der Waals surface area (Å²) in [7, 11) is 1.59. The molecule has 0 fully saturated rings. The lowest BCUT2D eigenvalue weighted by atomic mass is 10.3. The summed E-state index contributed by atoms with van der Waals surface area (Å²) >= 11 is 7.12. The van der Waals surface area contributed by atoms with Crippen molar-refractivity contribution in [3.63, 3.8) is 0 Å². The van der Waals surface area contributed by atoms with Gasteiger partial charge in [0, 0.05) is 18.2 Å². The van der Waals surface area contributed by atoms with Crippen LogP contribution in [0.2, 0.25) is 5.02 Å². The second-order valence-electron chi connectivity index (χ2n) is 4.56. The van der Waals surface area contributed by atoms with Crippen molar-refractivity contribution >= 4 is 29.3 Å². The zero-order valence-electron chi connectivity index (χ0n) is 12.2. The molecule has 118 valence electrons. The van der Waals surface area contributed by atoms with Gasteiger partial charge in [0.1, 0.15) is 0 Å². The molecule has 22 heavy (non-hydrogen) atoms. The van der Waals surface area contributed by atoms with Crippen molar-refractivity contribution in [3.05, 3.63) is 29.3 Å². The van der Waals surface area contributed by atoms with Crippen molar-refractivity contribution in [3.8, 4) is 5.69 Å². The van der Waals surface area contributed by atoms with E-state index in [0.717, 1.165) is 5.69 Å². The predicted octanol–water partition coefficient (Wildman–Crippen LogP) is 1.56. The molecule has 0 radical (unpaired) electrons. The van der Waals surface area contributed by atoms with Crippen LogP contribution in [0.25, 0.3) is 5.69 Å². The van der Waals surface area contributed by atoms with Gasteiger partial charge in [-0.25, -0.2) is 0 Å². The zero-order chi connectivity index (χ0) is 15.9. The quantitative estimate of drug-likeness (QED) is 0.770. The van der Waals surface area contributed by atoms with E-state index in [1.807, 2.05) is 19.1 Å². The van der Waals surface area contributed by atoms with Crippen molar-refractivity contribution in [2.45, 2.75) is 18.1 Å². The third-order valence-corrected chi connectivity index (χ3v) is 3.84. The molecular formula is C13H16ClN5O2S.